The number of fused-ring (bicyclic) bond motifs is 1. The zero-order chi connectivity index (χ0) is 26.1. The number of carbonyl (C=O) groups excluding carboxylic acids is 2. The highest BCUT2D eigenvalue weighted by molar-refractivity contribution is 5.99. The Morgan fingerprint density at radius 3 is 2.58 bits per heavy atom. The van der Waals surface area contributed by atoms with E-state index in [1.54, 1.807) is 37.3 Å². The molecule has 2 aromatic rings. The molecular weight excluding hydrogens is 456 g/mol. The molecule has 0 unspecified atom stereocenters. The third kappa shape index (κ3) is 7.45. The second-order valence-electron chi connectivity index (χ2n) is 9.60. The van der Waals surface area contributed by atoms with Crippen LogP contribution in [0.4, 0.5) is 10.5 Å². The molecule has 0 radical (unpaired) electrons. The van der Waals surface area contributed by atoms with Gasteiger partial charge in [-0.05, 0) is 43.0 Å². The molecule has 0 saturated carbocycles. The molecule has 8 nitrogen and oxygen atoms in total. The van der Waals surface area contributed by atoms with Crippen molar-refractivity contribution in [2.75, 3.05) is 45.7 Å². The van der Waals surface area contributed by atoms with E-state index in [2.05, 4.69) is 53.6 Å². The summed E-state index contributed by atoms with van der Waals surface area (Å²) in [6.07, 6.45) is 0.710. The summed E-state index contributed by atoms with van der Waals surface area (Å²) in [5, 5.41) is 5.60. The summed E-state index contributed by atoms with van der Waals surface area (Å²) in [6.45, 7) is 9.34. The smallest absolute Gasteiger partial charge is 0.319 e. The molecule has 0 spiro atoms. The van der Waals surface area contributed by atoms with Gasteiger partial charge in [-0.15, -0.1) is 0 Å². The van der Waals surface area contributed by atoms with Crippen LogP contribution in [0, 0.1) is 5.92 Å². The van der Waals surface area contributed by atoms with Gasteiger partial charge in [-0.1, -0.05) is 44.2 Å². The molecule has 1 aliphatic heterocycles. The second-order valence-corrected chi connectivity index (χ2v) is 9.60. The van der Waals surface area contributed by atoms with E-state index in [0.29, 0.717) is 36.7 Å². The Balaban J connectivity index is 1.89. The molecule has 2 aromatic carbocycles. The van der Waals surface area contributed by atoms with Crippen LogP contribution in [0.2, 0.25) is 0 Å². The lowest BCUT2D eigenvalue weighted by atomic mass is 10.0. The van der Waals surface area contributed by atoms with Crippen molar-refractivity contribution < 1.29 is 19.1 Å². The maximum Gasteiger partial charge on any atom is 0.319 e. The number of amides is 3. The monoisotopic (exact) mass is 496 g/mol. The molecule has 3 atom stereocenters. The van der Waals surface area contributed by atoms with E-state index in [1.165, 1.54) is 5.56 Å². The summed E-state index contributed by atoms with van der Waals surface area (Å²) in [6, 6.07) is 15.4. The van der Waals surface area contributed by atoms with Crippen molar-refractivity contribution in [1.29, 1.82) is 0 Å². The molecule has 0 aliphatic carbocycles. The average molecular weight is 497 g/mol. The van der Waals surface area contributed by atoms with Crippen LogP contribution in [0.25, 0.3) is 0 Å². The van der Waals surface area contributed by atoms with Crippen LogP contribution in [0.3, 0.4) is 0 Å². The fourth-order valence-electron chi connectivity index (χ4n) is 4.38. The largest absolute Gasteiger partial charge is 0.491 e. The fraction of sp³-hybridized carbons (Fsp3) is 0.500. The van der Waals surface area contributed by atoms with Gasteiger partial charge in [-0.25, -0.2) is 4.79 Å². The Morgan fingerprint density at radius 1 is 1.14 bits per heavy atom. The highest BCUT2D eigenvalue weighted by atomic mass is 16.5. The number of anilines is 1. The molecule has 0 saturated heterocycles. The summed E-state index contributed by atoms with van der Waals surface area (Å²) >= 11 is 0. The number of methoxy groups -OCH3 is 1. The topological polar surface area (TPSA) is 83.1 Å². The molecule has 36 heavy (non-hydrogen) atoms. The fourth-order valence-corrected chi connectivity index (χ4v) is 4.38. The molecule has 0 fully saturated rings. The van der Waals surface area contributed by atoms with Gasteiger partial charge in [0.1, 0.15) is 12.4 Å². The van der Waals surface area contributed by atoms with Gasteiger partial charge in [0.2, 0.25) is 0 Å². The summed E-state index contributed by atoms with van der Waals surface area (Å²) in [7, 11) is 3.47. The average Bonchev–Trinajstić information content (AvgIpc) is 2.88. The zero-order valence-corrected chi connectivity index (χ0v) is 22.1. The summed E-state index contributed by atoms with van der Waals surface area (Å²) in [5.41, 5.74) is 2.19. The molecule has 2 N–H and O–H groups in total. The Kier molecular flexibility index (Phi) is 10.1. The number of ether oxygens (including phenoxy) is 2. The first-order valence-electron chi connectivity index (χ1n) is 12.7. The van der Waals surface area contributed by atoms with Crippen LogP contribution in [0.1, 0.15) is 43.1 Å². The number of hydrogen-bond acceptors (Lipinski definition) is 5. The summed E-state index contributed by atoms with van der Waals surface area (Å²) in [5.74, 6) is 0.511. The minimum absolute atomic E-state index is 0.0999. The first kappa shape index (κ1) is 27.5. The lowest BCUT2D eigenvalue weighted by Crippen LogP contribution is -2.46. The predicted molar refractivity (Wildman–Crippen MR) is 142 cm³/mol. The van der Waals surface area contributed by atoms with Crippen LogP contribution in [0.15, 0.2) is 48.5 Å². The highest BCUT2D eigenvalue weighted by Gasteiger charge is 2.28. The van der Waals surface area contributed by atoms with Gasteiger partial charge in [-0.2, -0.15) is 0 Å². The van der Waals surface area contributed by atoms with Crippen molar-refractivity contribution in [3.63, 3.8) is 0 Å². The second kappa shape index (κ2) is 13.3. The first-order chi connectivity index (χ1) is 17.3. The minimum Gasteiger partial charge on any atom is -0.491 e. The lowest BCUT2D eigenvalue weighted by Gasteiger charge is -2.36. The molecule has 8 heteroatoms. The van der Waals surface area contributed by atoms with Gasteiger partial charge in [-0.3, -0.25) is 9.69 Å². The van der Waals surface area contributed by atoms with Gasteiger partial charge in [0.05, 0.1) is 11.7 Å². The van der Waals surface area contributed by atoms with Crippen LogP contribution >= 0.6 is 0 Å². The Bertz CT molecular complexity index is 1000. The van der Waals surface area contributed by atoms with Crippen molar-refractivity contribution >= 4 is 17.6 Å². The standard InChI is InChI=1S/C28H40N4O4/c1-6-14-29-28(34)30-23-12-13-25-24(15-23)27(33)31(4)18-26(35-5)20(2)16-32(21(3)19-36-25)17-22-10-8-7-9-11-22/h7-13,15,20-21,26H,6,14,16-19H2,1-5H3,(H2,29,30,34)/t20-,21+,26-/m0/s1. The maximum absolute atomic E-state index is 13.5. The Hall–Kier alpha value is -3.10. The molecule has 0 bridgehead atoms. The van der Waals surface area contributed by atoms with Gasteiger partial charge in [0, 0.05) is 52.1 Å². The van der Waals surface area contributed by atoms with E-state index in [1.807, 2.05) is 13.0 Å². The normalized spacial score (nSPS) is 21.5. The van der Waals surface area contributed by atoms with Crippen molar-refractivity contribution in [3.05, 3.63) is 59.7 Å². The number of hydrogen-bond donors (Lipinski definition) is 2. The van der Waals surface area contributed by atoms with E-state index in [0.717, 1.165) is 19.5 Å². The van der Waals surface area contributed by atoms with Crippen LogP contribution in [0.5, 0.6) is 5.75 Å². The number of rotatable bonds is 6. The van der Waals surface area contributed by atoms with Crippen molar-refractivity contribution in [3.8, 4) is 5.75 Å². The zero-order valence-electron chi connectivity index (χ0n) is 22.1. The molecular formula is C28H40N4O4. The third-order valence-electron chi connectivity index (χ3n) is 6.60. The molecule has 3 amide bonds. The molecule has 3 rings (SSSR count). The number of benzene rings is 2. The maximum atomic E-state index is 13.5. The number of likely N-dealkylation sites (N-methyl/N-ethyl adjacent to an activating group) is 1. The van der Waals surface area contributed by atoms with Crippen LogP contribution < -0.4 is 15.4 Å². The van der Waals surface area contributed by atoms with Gasteiger partial charge in [0.15, 0.2) is 0 Å². The lowest BCUT2D eigenvalue weighted by molar-refractivity contribution is 0.00921. The molecule has 1 aliphatic rings. The predicted octanol–water partition coefficient (Wildman–Crippen LogP) is 4.22. The Morgan fingerprint density at radius 2 is 1.89 bits per heavy atom. The molecule has 196 valence electrons. The number of carbonyl (C=O) groups is 2. The van der Waals surface area contributed by atoms with Crippen LogP contribution in [-0.2, 0) is 11.3 Å². The summed E-state index contributed by atoms with van der Waals surface area (Å²) < 4.78 is 12.1. The summed E-state index contributed by atoms with van der Waals surface area (Å²) in [4.78, 5) is 29.7. The quantitative estimate of drug-likeness (QED) is 0.626. The molecule has 0 aromatic heterocycles. The van der Waals surface area contributed by atoms with Gasteiger partial charge >= 0.3 is 6.03 Å². The van der Waals surface area contributed by atoms with Crippen molar-refractivity contribution in [1.82, 2.24) is 15.1 Å². The molecule has 1 heterocycles. The Labute approximate surface area is 214 Å². The van der Waals surface area contributed by atoms with Crippen molar-refractivity contribution in [2.45, 2.75) is 45.9 Å². The van der Waals surface area contributed by atoms with E-state index in [-0.39, 0.29) is 30.0 Å². The SMILES string of the molecule is CCCNC(=O)Nc1ccc2c(c1)C(=O)N(C)C[C@H](OC)[C@@H](C)CN(Cc1ccccc1)[C@H](C)CO2. The van der Waals surface area contributed by atoms with Gasteiger partial charge in [0.25, 0.3) is 5.91 Å². The van der Waals surface area contributed by atoms with Crippen LogP contribution in [-0.4, -0.2) is 74.3 Å². The van der Waals surface area contributed by atoms with Crippen molar-refractivity contribution in [2.24, 2.45) is 5.92 Å². The van der Waals surface area contributed by atoms with E-state index >= 15 is 0 Å². The van der Waals surface area contributed by atoms with E-state index in [9.17, 15) is 9.59 Å². The van der Waals surface area contributed by atoms with E-state index < -0.39 is 0 Å². The van der Waals surface area contributed by atoms with Gasteiger partial charge < -0.3 is 25.0 Å². The van der Waals surface area contributed by atoms with E-state index in [4.69, 9.17) is 9.47 Å². The first-order valence-corrected chi connectivity index (χ1v) is 12.7. The minimum atomic E-state index is -0.301. The third-order valence-corrected chi connectivity index (χ3v) is 6.60. The number of urea groups is 1. The number of nitrogens with zero attached hydrogens (tertiary/aromatic N) is 2. The number of nitrogens with one attached hydrogen (secondary N) is 2. The highest BCUT2D eigenvalue weighted by Crippen LogP contribution is 2.27.